The molecule has 7 heteroatoms. The Balaban J connectivity index is 1.60. The normalized spacial score (nSPS) is 20.5. The van der Waals surface area contributed by atoms with Gasteiger partial charge in [-0.25, -0.2) is 9.51 Å². The molecule has 0 radical (unpaired) electrons. The molecule has 0 unspecified atom stereocenters. The number of aliphatic hydroxyl groups is 1. The van der Waals surface area contributed by atoms with Crippen molar-refractivity contribution in [3.8, 4) is 0 Å². The molecule has 0 atom stereocenters. The molecule has 2 aromatic heterocycles. The highest BCUT2D eigenvalue weighted by molar-refractivity contribution is 6.19. The van der Waals surface area contributed by atoms with Crippen LogP contribution in [0.4, 0.5) is 11.5 Å². The zero-order chi connectivity index (χ0) is 19.6. The average molecular weight is 380 g/mol. The molecule has 1 aliphatic heterocycles. The Hall–Kier alpha value is -2.93. The van der Waals surface area contributed by atoms with Crippen LogP contribution in [0, 0.1) is 0 Å². The van der Waals surface area contributed by atoms with Gasteiger partial charge in [0.15, 0.2) is 11.6 Å². The minimum absolute atomic E-state index is 0.125. The number of anilines is 1. The molecule has 4 rings (SSSR count). The average Bonchev–Trinajstić information content (AvgIpc) is 3.02. The van der Waals surface area contributed by atoms with Crippen molar-refractivity contribution in [1.29, 1.82) is 0 Å². The van der Waals surface area contributed by atoms with E-state index in [0.29, 0.717) is 17.2 Å². The van der Waals surface area contributed by atoms with Gasteiger partial charge in [0.05, 0.1) is 38.7 Å². The van der Waals surface area contributed by atoms with Crippen molar-refractivity contribution in [2.24, 2.45) is 4.99 Å². The molecule has 2 aromatic rings. The molecule has 0 aromatic carbocycles. The summed E-state index contributed by atoms with van der Waals surface area (Å²) in [6.07, 6.45) is 9.91. The van der Waals surface area contributed by atoms with Crippen LogP contribution < -0.4 is 5.32 Å². The lowest BCUT2D eigenvalue weighted by molar-refractivity contribution is -0.912. The molecule has 0 bridgehead atoms. The number of allylic oxidation sites excluding steroid dienone is 3. The number of aliphatic imine (C=N–C) groups is 1. The fourth-order valence-corrected chi connectivity index (χ4v) is 3.88. The minimum atomic E-state index is -0.242. The fraction of sp³-hybridized carbons (Fsp3) is 0.381. The molecule has 146 valence electrons. The Kier molecular flexibility index (Phi) is 5.00. The molecule has 7 nitrogen and oxygen atoms in total. The number of piperidine rings is 1. The Morgan fingerprint density at radius 1 is 1.25 bits per heavy atom. The molecule has 0 amide bonds. The van der Waals surface area contributed by atoms with Crippen molar-refractivity contribution in [2.45, 2.75) is 19.3 Å². The summed E-state index contributed by atoms with van der Waals surface area (Å²) >= 11 is 0. The van der Waals surface area contributed by atoms with Gasteiger partial charge in [0, 0.05) is 12.3 Å². The van der Waals surface area contributed by atoms with Crippen LogP contribution in [0.15, 0.2) is 53.4 Å². The summed E-state index contributed by atoms with van der Waals surface area (Å²) in [6.45, 7) is 4.27. The van der Waals surface area contributed by atoms with E-state index in [1.807, 2.05) is 24.4 Å². The summed E-state index contributed by atoms with van der Waals surface area (Å²) in [7, 11) is 2.32. The number of quaternary nitrogens is 1. The van der Waals surface area contributed by atoms with E-state index in [1.54, 1.807) is 4.52 Å². The maximum absolute atomic E-state index is 11.4. The van der Waals surface area contributed by atoms with Crippen LogP contribution in [-0.4, -0.2) is 63.9 Å². The van der Waals surface area contributed by atoms with Crippen LogP contribution in [0.1, 0.15) is 19.3 Å². The quantitative estimate of drug-likeness (QED) is 0.617. The van der Waals surface area contributed by atoms with E-state index >= 15 is 0 Å². The predicted octanol–water partition coefficient (Wildman–Crippen LogP) is 3.03. The van der Waals surface area contributed by atoms with Crippen molar-refractivity contribution in [3.63, 3.8) is 0 Å². The summed E-state index contributed by atoms with van der Waals surface area (Å²) in [5, 5.41) is 18.2. The summed E-state index contributed by atoms with van der Waals surface area (Å²) in [4.78, 5) is 16.0. The third kappa shape index (κ3) is 3.84. The highest BCUT2D eigenvalue weighted by Gasteiger charge is 2.24. The lowest BCUT2D eigenvalue weighted by Gasteiger charge is -2.37. The number of likely N-dealkylation sites (tertiary alicyclic amines) is 1. The molecule has 3 heterocycles. The zero-order valence-electron chi connectivity index (χ0n) is 16.1. The first-order valence-corrected chi connectivity index (χ1v) is 9.81. The maximum atomic E-state index is 11.4. The molecule has 28 heavy (non-hydrogen) atoms. The highest BCUT2D eigenvalue weighted by atomic mass is 16.3. The number of carbonyl (C=O) groups is 1. The first kappa shape index (κ1) is 18.4. The zero-order valence-corrected chi connectivity index (χ0v) is 16.1. The maximum Gasteiger partial charge on any atom is 0.182 e. The van der Waals surface area contributed by atoms with Gasteiger partial charge >= 0.3 is 0 Å². The molecule has 2 aliphatic rings. The smallest absolute Gasteiger partial charge is 0.182 e. The second kappa shape index (κ2) is 7.59. The second-order valence-electron chi connectivity index (χ2n) is 7.77. The number of hydrogen-bond acceptors (Lipinski definition) is 5. The van der Waals surface area contributed by atoms with E-state index in [1.165, 1.54) is 50.6 Å². The van der Waals surface area contributed by atoms with Gasteiger partial charge < -0.3 is 14.9 Å². The van der Waals surface area contributed by atoms with Gasteiger partial charge in [0.2, 0.25) is 0 Å². The number of pyridine rings is 1. The number of carbonyl (C=O) groups excluding carboxylic acids is 1. The summed E-state index contributed by atoms with van der Waals surface area (Å²) in [5.41, 5.74) is 1.86. The number of nitrogens with zero attached hydrogens (tertiary/aromatic N) is 4. The number of nitrogens with one attached hydrogen (secondary N) is 1. The van der Waals surface area contributed by atoms with Gasteiger partial charge in [0.1, 0.15) is 17.2 Å². The Labute approximate surface area is 164 Å². The van der Waals surface area contributed by atoms with E-state index in [4.69, 9.17) is 0 Å². The van der Waals surface area contributed by atoms with Crippen molar-refractivity contribution < 1.29 is 14.4 Å². The molecule has 1 fully saturated rings. The van der Waals surface area contributed by atoms with Gasteiger partial charge in [-0.3, -0.25) is 4.79 Å². The number of ketones is 1. The van der Waals surface area contributed by atoms with Crippen LogP contribution in [0.5, 0.6) is 0 Å². The van der Waals surface area contributed by atoms with Crippen molar-refractivity contribution in [2.75, 3.05) is 38.5 Å². The fourth-order valence-electron chi connectivity index (χ4n) is 3.88. The first-order valence-electron chi connectivity index (χ1n) is 9.81. The summed E-state index contributed by atoms with van der Waals surface area (Å²) in [6, 6.07) is 5.78. The lowest BCUT2D eigenvalue weighted by atomic mass is 10.1. The van der Waals surface area contributed by atoms with E-state index in [2.05, 4.69) is 22.5 Å². The van der Waals surface area contributed by atoms with Crippen LogP contribution in [0.2, 0.25) is 0 Å². The third-order valence-corrected chi connectivity index (χ3v) is 5.53. The minimum Gasteiger partial charge on any atom is -0.506 e. The monoisotopic (exact) mass is 380 g/mol. The number of likely N-dealkylation sites (N-methyl/N-ethyl adjacent to an activating group) is 1. The number of rotatable bonds is 5. The molecule has 1 saturated heterocycles. The standard InChI is InChI=1S/C21H25N5O2/c1-26(12-5-2-6-13-26)14-10-22-21-20(18-7-3-4-11-25(18)24-21)23-17-9-8-16(27)15-19(17)28/h3-4,7-9,11,15H,2,5-6,10,12-14H2,1H3,(H-,22,24,27,28)/p+1/b23-17+. The van der Waals surface area contributed by atoms with Crippen molar-refractivity contribution >= 4 is 28.5 Å². The van der Waals surface area contributed by atoms with E-state index in [0.717, 1.165) is 23.1 Å². The number of aliphatic hydroxyl groups excluding tert-OH is 1. The topological polar surface area (TPSA) is 79.0 Å². The highest BCUT2D eigenvalue weighted by Crippen LogP contribution is 2.31. The van der Waals surface area contributed by atoms with E-state index in [-0.39, 0.29) is 11.5 Å². The van der Waals surface area contributed by atoms with Crippen LogP contribution >= 0.6 is 0 Å². The third-order valence-electron chi connectivity index (χ3n) is 5.53. The molecule has 0 saturated carbocycles. The molecule has 1 aliphatic carbocycles. The Morgan fingerprint density at radius 3 is 2.86 bits per heavy atom. The lowest BCUT2D eigenvalue weighted by Crippen LogP contribution is -2.50. The number of aromatic nitrogens is 2. The van der Waals surface area contributed by atoms with E-state index < -0.39 is 0 Å². The van der Waals surface area contributed by atoms with Gasteiger partial charge in [-0.1, -0.05) is 6.07 Å². The van der Waals surface area contributed by atoms with Crippen LogP contribution in [0.3, 0.4) is 0 Å². The van der Waals surface area contributed by atoms with Gasteiger partial charge in [0.25, 0.3) is 0 Å². The first-order chi connectivity index (χ1) is 13.5. The van der Waals surface area contributed by atoms with Gasteiger partial charge in [-0.2, -0.15) is 0 Å². The molecule has 0 spiro atoms. The van der Waals surface area contributed by atoms with Crippen molar-refractivity contribution in [3.05, 3.63) is 48.4 Å². The largest absolute Gasteiger partial charge is 0.506 e. The molecule has 2 N–H and O–H groups in total. The van der Waals surface area contributed by atoms with E-state index in [9.17, 15) is 9.90 Å². The SMILES string of the molecule is C[N+]1(CCNc2nn3ccccc3c2/N=C2\C=CC(=O)C=C2O)CCCCC1. The van der Waals surface area contributed by atoms with Crippen LogP contribution in [-0.2, 0) is 4.79 Å². The molecular formula is C21H26N5O2+. The Bertz CT molecular complexity index is 980. The van der Waals surface area contributed by atoms with Crippen LogP contribution in [0.25, 0.3) is 5.52 Å². The van der Waals surface area contributed by atoms with Crippen molar-refractivity contribution in [1.82, 2.24) is 9.61 Å². The summed E-state index contributed by atoms with van der Waals surface area (Å²) < 4.78 is 2.86. The number of fused-ring (bicyclic) bond motifs is 1. The predicted molar refractivity (Wildman–Crippen MR) is 110 cm³/mol. The number of hydrogen-bond donors (Lipinski definition) is 2. The Morgan fingerprint density at radius 2 is 2.07 bits per heavy atom. The van der Waals surface area contributed by atoms with Gasteiger partial charge in [-0.15, -0.1) is 5.10 Å². The molecular weight excluding hydrogens is 354 g/mol. The second-order valence-corrected chi connectivity index (χ2v) is 7.77. The summed E-state index contributed by atoms with van der Waals surface area (Å²) in [5.74, 6) is 0.314. The van der Waals surface area contributed by atoms with Gasteiger partial charge in [-0.05, 0) is 43.5 Å².